The van der Waals surface area contributed by atoms with Crippen molar-refractivity contribution in [1.82, 2.24) is 0 Å². The molecule has 2 aromatic carbocycles. The topological polar surface area (TPSA) is 30.5 Å². The standard InChI is InChI=1S/C15H14ClNO2/c1-10(17-13-5-3-12(16)4-6-13)11-2-7-14-15(8-11)19-9-18-14/h2-8,10,17H,9H2,1H3. The first-order chi connectivity index (χ1) is 9.22. The maximum Gasteiger partial charge on any atom is 0.231 e. The highest BCUT2D eigenvalue weighted by atomic mass is 35.5. The number of ether oxygens (including phenoxy) is 2. The van der Waals surface area contributed by atoms with Gasteiger partial charge >= 0.3 is 0 Å². The van der Waals surface area contributed by atoms with Gasteiger partial charge in [0.05, 0.1) is 0 Å². The van der Waals surface area contributed by atoms with Gasteiger partial charge in [0.2, 0.25) is 6.79 Å². The molecule has 0 saturated heterocycles. The van der Waals surface area contributed by atoms with E-state index in [0.717, 1.165) is 27.8 Å². The molecule has 19 heavy (non-hydrogen) atoms. The number of hydrogen-bond donors (Lipinski definition) is 1. The molecule has 0 spiro atoms. The zero-order chi connectivity index (χ0) is 13.2. The van der Waals surface area contributed by atoms with Crippen molar-refractivity contribution in [2.75, 3.05) is 12.1 Å². The first-order valence-electron chi connectivity index (χ1n) is 6.14. The Bertz CT molecular complexity index is 583. The fourth-order valence-electron chi connectivity index (χ4n) is 2.06. The third-order valence-corrected chi connectivity index (χ3v) is 3.38. The van der Waals surface area contributed by atoms with Crippen LogP contribution in [0.4, 0.5) is 5.69 Å². The average Bonchev–Trinajstić information content (AvgIpc) is 2.88. The van der Waals surface area contributed by atoms with Crippen LogP contribution in [0.25, 0.3) is 0 Å². The molecule has 2 aromatic rings. The van der Waals surface area contributed by atoms with Crippen LogP contribution in [0.15, 0.2) is 42.5 Å². The van der Waals surface area contributed by atoms with E-state index in [0.29, 0.717) is 6.79 Å². The lowest BCUT2D eigenvalue weighted by molar-refractivity contribution is 0.174. The van der Waals surface area contributed by atoms with Crippen LogP contribution in [0.1, 0.15) is 18.5 Å². The first kappa shape index (κ1) is 12.2. The fraction of sp³-hybridized carbons (Fsp3) is 0.200. The molecule has 0 aromatic heterocycles. The summed E-state index contributed by atoms with van der Waals surface area (Å²) in [5.41, 5.74) is 2.19. The molecule has 1 aliphatic rings. The highest BCUT2D eigenvalue weighted by molar-refractivity contribution is 6.30. The van der Waals surface area contributed by atoms with E-state index in [1.54, 1.807) is 0 Å². The van der Waals surface area contributed by atoms with Crippen LogP contribution in [0.3, 0.4) is 0 Å². The second-order valence-electron chi connectivity index (χ2n) is 4.49. The Labute approximate surface area is 117 Å². The molecule has 0 bridgehead atoms. The maximum atomic E-state index is 5.87. The molecule has 0 aliphatic carbocycles. The lowest BCUT2D eigenvalue weighted by Crippen LogP contribution is -2.06. The normalized spacial score (nSPS) is 14.2. The Morgan fingerprint density at radius 3 is 2.58 bits per heavy atom. The van der Waals surface area contributed by atoms with Crippen molar-refractivity contribution in [2.45, 2.75) is 13.0 Å². The molecule has 1 heterocycles. The van der Waals surface area contributed by atoms with E-state index in [1.165, 1.54) is 0 Å². The first-order valence-corrected chi connectivity index (χ1v) is 6.52. The molecule has 1 N–H and O–H groups in total. The molecule has 0 radical (unpaired) electrons. The number of halogens is 1. The van der Waals surface area contributed by atoms with Crippen LogP contribution in [-0.2, 0) is 0 Å². The molecule has 1 atom stereocenters. The van der Waals surface area contributed by atoms with Gasteiger partial charge in [0.1, 0.15) is 0 Å². The number of rotatable bonds is 3. The van der Waals surface area contributed by atoms with Crippen LogP contribution >= 0.6 is 11.6 Å². The summed E-state index contributed by atoms with van der Waals surface area (Å²) in [5.74, 6) is 1.62. The van der Waals surface area contributed by atoms with Crippen molar-refractivity contribution < 1.29 is 9.47 Å². The van der Waals surface area contributed by atoms with E-state index < -0.39 is 0 Å². The summed E-state index contributed by atoms with van der Waals surface area (Å²) in [5, 5.41) is 4.16. The van der Waals surface area contributed by atoms with Crippen LogP contribution in [-0.4, -0.2) is 6.79 Å². The van der Waals surface area contributed by atoms with Gasteiger partial charge in [-0.2, -0.15) is 0 Å². The van der Waals surface area contributed by atoms with E-state index in [9.17, 15) is 0 Å². The van der Waals surface area contributed by atoms with Crippen molar-refractivity contribution in [3.8, 4) is 11.5 Å². The maximum absolute atomic E-state index is 5.87. The number of hydrogen-bond acceptors (Lipinski definition) is 3. The molecule has 0 amide bonds. The molecule has 0 fully saturated rings. The van der Waals surface area contributed by atoms with E-state index in [4.69, 9.17) is 21.1 Å². The summed E-state index contributed by atoms with van der Waals surface area (Å²) in [6, 6.07) is 13.8. The Hall–Kier alpha value is -1.87. The minimum Gasteiger partial charge on any atom is -0.454 e. The molecule has 0 saturated carbocycles. The van der Waals surface area contributed by atoms with E-state index in [-0.39, 0.29) is 6.04 Å². The van der Waals surface area contributed by atoms with Crippen molar-refractivity contribution in [2.24, 2.45) is 0 Å². The Morgan fingerprint density at radius 1 is 1.05 bits per heavy atom. The van der Waals surface area contributed by atoms with Gasteiger partial charge in [-0.05, 0) is 48.9 Å². The van der Waals surface area contributed by atoms with Gasteiger partial charge in [-0.25, -0.2) is 0 Å². The largest absolute Gasteiger partial charge is 0.454 e. The van der Waals surface area contributed by atoms with Gasteiger partial charge in [-0.15, -0.1) is 0 Å². The lowest BCUT2D eigenvalue weighted by atomic mass is 10.1. The van der Waals surface area contributed by atoms with Gasteiger partial charge in [0, 0.05) is 16.8 Å². The summed E-state index contributed by atoms with van der Waals surface area (Å²) in [6.45, 7) is 2.41. The summed E-state index contributed by atoms with van der Waals surface area (Å²) < 4.78 is 10.7. The molecule has 3 nitrogen and oxygen atoms in total. The van der Waals surface area contributed by atoms with Crippen LogP contribution < -0.4 is 14.8 Å². The average molecular weight is 276 g/mol. The summed E-state index contributed by atoms with van der Waals surface area (Å²) >= 11 is 5.87. The van der Waals surface area contributed by atoms with Crippen LogP contribution in [0.5, 0.6) is 11.5 Å². The molecular formula is C15H14ClNO2. The van der Waals surface area contributed by atoms with Crippen molar-refractivity contribution in [3.63, 3.8) is 0 Å². The highest BCUT2D eigenvalue weighted by Gasteiger charge is 2.15. The minimum absolute atomic E-state index is 0.177. The fourth-order valence-corrected chi connectivity index (χ4v) is 2.19. The summed E-state index contributed by atoms with van der Waals surface area (Å²) in [7, 11) is 0. The van der Waals surface area contributed by atoms with Crippen molar-refractivity contribution >= 4 is 17.3 Å². The van der Waals surface area contributed by atoms with Gasteiger partial charge in [-0.3, -0.25) is 0 Å². The Kier molecular flexibility index (Phi) is 3.22. The number of benzene rings is 2. The minimum atomic E-state index is 0.177. The highest BCUT2D eigenvalue weighted by Crippen LogP contribution is 2.34. The van der Waals surface area contributed by atoms with E-state index in [1.807, 2.05) is 42.5 Å². The second kappa shape index (κ2) is 5.02. The third kappa shape index (κ3) is 2.61. The zero-order valence-electron chi connectivity index (χ0n) is 10.5. The van der Waals surface area contributed by atoms with Gasteiger partial charge in [0.25, 0.3) is 0 Å². The summed E-state index contributed by atoms with van der Waals surface area (Å²) in [6.07, 6.45) is 0. The molecule has 4 heteroatoms. The van der Waals surface area contributed by atoms with Gasteiger partial charge in [0.15, 0.2) is 11.5 Å². The quantitative estimate of drug-likeness (QED) is 0.909. The smallest absolute Gasteiger partial charge is 0.231 e. The van der Waals surface area contributed by atoms with Crippen molar-refractivity contribution in [1.29, 1.82) is 0 Å². The molecule has 1 aliphatic heterocycles. The molecule has 1 unspecified atom stereocenters. The second-order valence-corrected chi connectivity index (χ2v) is 4.92. The Morgan fingerprint density at radius 2 is 1.79 bits per heavy atom. The lowest BCUT2D eigenvalue weighted by Gasteiger charge is -2.16. The van der Waals surface area contributed by atoms with Crippen LogP contribution in [0, 0.1) is 0 Å². The molecule has 98 valence electrons. The van der Waals surface area contributed by atoms with Crippen LogP contribution in [0.2, 0.25) is 5.02 Å². The zero-order valence-corrected chi connectivity index (χ0v) is 11.3. The van der Waals surface area contributed by atoms with Gasteiger partial charge < -0.3 is 14.8 Å². The number of fused-ring (bicyclic) bond motifs is 1. The molecule has 3 rings (SSSR count). The van der Waals surface area contributed by atoms with Gasteiger partial charge in [-0.1, -0.05) is 17.7 Å². The monoisotopic (exact) mass is 275 g/mol. The summed E-state index contributed by atoms with van der Waals surface area (Å²) in [4.78, 5) is 0. The number of nitrogens with one attached hydrogen (secondary N) is 1. The third-order valence-electron chi connectivity index (χ3n) is 3.12. The van der Waals surface area contributed by atoms with E-state index in [2.05, 4.69) is 12.2 Å². The Balaban J connectivity index is 1.76. The predicted octanol–water partition coefficient (Wildman–Crippen LogP) is 4.24. The SMILES string of the molecule is CC(Nc1ccc(Cl)cc1)c1ccc2c(c1)OCO2. The number of anilines is 1. The predicted molar refractivity (Wildman–Crippen MR) is 76.1 cm³/mol. The van der Waals surface area contributed by atoms with Crippen molar-refractivity contribution in [3.05, 3.63) is 53.1 Å². The molecular weight excluding hydrogens is 262 g/mol. The van der Waals surface area contributed by atoms with E-state index >= 15 is 0 Å².